The predicted molar refractivity (Wildman–Crippen MR) is 125 cm³/mol. The number of halogens is 3. The molecule has 148 valence electrons. The standard InChI is InChI=1S/C19H24BrFN4S.HI/c1-22-19(23-11-15-2-3-16(20)10-18(15)21)24-17-4-7-25(8-5-17)12-14-6-9-26-13-14;/h2-3,6,9-10,13,17H,4-5,7-8,11-12H2,1H3,(H2,22,23,24);1H. The molecule has 1 aromatic heterocycles. The molecular formula is C19H25BrFIN4S. The zero-order chi connectivity index (χ0) is 18.4. The first-order chi connectivity index (χ1) is 12.6. The SMILES string of the molecule is CN=C(NCc1ccc(Br)cc1F)NC1CCN(Cc2ccsc2)CC1.I. The third-order valence-electron chi connectivity index (χ3n) is 4.60. The molecular weight excluding hydrogens is 542 g/mol. The highest BCUT2D eigenvalue weighted by atomic mass is 127. The molecule has 2 aromatic rings. The molecule has 1 saturated heterocycles. The monoisotopic (exact) mass is 566 g/mol. The lowest BCUT2D eigenvalue weighted by molar-refractivity contribution is 0.198. The number of benzene rings is 1. The van der Waals surface area contributed by atoms with Crippen LogP contribution in [-0.4, -0.2) is 37.0 Å². The van der Waals surface area contributed by atoms with Gasteiger partial charge in [0.05, 0.1) is 0 Å². The highest BCUT2D eigenvalue weighted by Gasteiger charge is 2.20. The van der Waals surface area contributed by atoms with Gasteiger partial charge >= 0.3 is 0 Å². The van der Waals surface area contributed by atoms with Crippen molar-refractivity contribution in [3.05, 3.63) is 56.4 Å². The van der Waals surface area contributed by atoms with E-state index in [1.165, 1.54) is 11.6 Å². The van der Waals surface area contributed by atoms with Crippen molar-refractivity contribution >= 4 is 57.2 Å². The van der Waals surface area contributed by atoms with Gasteiger partial charge in [0.1, 0.15) is 5.82 Å². The van der Waals surface area contributed by atoms with Crippen LogP contribution in [0.3, 0.4) is 0 Å². The number of hydrogen-bond donors (Lipinski definition) is 2. The lowest BCUT2D eigenvalue weighted by atomic mass is 10.0. The fraction of sp³-hybridized carbons (Fsp3) is 0.421. The average Bonchev–Trinajstić information content (AvgIpc) is 3.14. The van der Waals surface area contributed by atoms with Gasteiger partial charge in [-0.05, 0) is 47.4 Å². The molecule has 0 saturated carbocycles. The smallest absolute Gasteiger partial charge is 0.191 e. The zero-order valence-corrected chi connectivity index (χ0v) is 20.0. The minimum atomic E-state index is -0.218. The quantitative estimate of drug-likeness (QED) is 0.316. The second-order valence-corrected chi connectivity index (χ2v) is 8.18. The van der Waals surface area contributed by atoms with Gasteiger partial charge in [-0.15, -0.1) is 24.0 Å². The van der Waals surface area contributed by atoms with Gasteiger partial charge in [-0.25, -0.2) is 4.39 Å². The van der Waals surface area contributed by atoms with Gasteiger partial charge in [-0.1, -0.05) is 22.0 Å². The molecule has 0 amide bonds. The number of rotatable bonds is 5. The van der Waals surface area contributed by atoms with Gasteiger partial charge < -0.3 is 10.6 Å². The normalized spacial score (nSPS) is 16.0. The van der Waals surface area contributed by atoms with Crippen LogP contribution in [0.4, 0.5) is 4.39 Å². The Balaban J connectivity index is 0.00000261. The minimum absolute atomic E-state index is 0. The van der Waals surface area contributed by atoms with Crippen LogP contribution in [0.2, 0.25) is 0 Å². The third kappa shape index (κ3) is 6.99. The summed E-state index contributed by atoms with van der Waals surface area (Å²) in [7, 11) is 1.75. The average molecular weight is 567 g/mol. The Labute approximate surface area is 189 Å². The van der Waals surface area contributed by atoms with Gasteiger partial charge in [0.15, 0.2) is 5.96 Å². The van der Waals surface area contributed by atoms with E-state index < -0.39 is 0 Å². The number of piperidine rings is 1. The summed E-state index contributed by atoms with van der Waals surface area (Å²) >= 11 is 5.03. The van der Waals surface area contributed by atoms with E-state index in [1.807, 2.05) is 6.07 Å². The first-order valence-corrected chi connectivity index (χ1v) is 10.5. The Kier molecular flexibility index (Phi) is 9.47. The number of nitrogens with zero attached hydrogens (tertiary/aromatic N) is 2. The molecule has 0 unspecified atom stereocenters. The fourth-order valence-corrected chi connectivity index (χ4v) is 4.10. The molecule has 0 bridgehead atoms. The maximum absolute atomic E-state index is 13.9. The van der Waals surface area contributed by atoms with Crippen LogP contribution >= 0.6 is 51.2 Å². The van der Waals surface area contributed by atoms with Crippen LogP contribution in [0.5, 0.6) is 0 Å². The Morgan fingerprint density at radius 2 is 2.11 bits per heavy atom. The highest BCUT2D eigenvalue weighted by molar-refractivity contribution is 14.0. The van der Waals surface area contributed by atoms with Crippen molar-refractivity contribution in [1.29, 1.82) is 0 Å². The van der Waals surface area contributed by atoms with E-state index >= 15 is 0 Å². The summed E-state index contributed by atoms with van der Waals surface area (Å²) in [5.74, 6) is 0.507. The number of aliphatic imine (C=N–C) groups is 1. The Morgan fingerprint density at radius 1 is 1.33 bits per heavy atom. The van der Waals surface area contributed by atoms with Gasteiger partial charge in [0.25, 0.3) is 0 Å². The third-order valence-corrected chi connectivity index (χ3v) is 5.83. The first kappa shape index (κ1) is 22.6. The van der Waals surface area contributed by atoms with Gasteiger partial charge in [0.2, 0.25) is 0 Å². The van der Waals surface area contributed by atoms with Crippen molar-refractivity contribution in [1.82, 2.24) is 15.5 Å². The van der Waals surface area contributed by atoms with E-state index in [1.54, 1.807) is 24.5 Å². The molecule has 0 aliphatic carbocycles. The summed E-state index contributed by atoms with van der Waals surface area (Å²) in [6.07, 6.45) is 2.16. The lowest BCUT2D eigenvalue weighted by Gasteiger charge is -2.33. The highest BCUT2D eigenvalue weighted by Crippen LogP contribution is 2.16. The van der Waals surface area contributed by atoms with Gasteiger partial charge in [-0.2, -0.15) is 11.3 Å². The largest absolute Gasteiger partial charge is 0.354 e. The molecule has 8 heteroatoms. The van der Waals surface area contributed by atoms with Crippen LogP contribution in [0.1, 0.15) is 24.0 Å². The van der Waals surface area contributed by atoms with E-state index in [4.69, 9.17) is 0 Å². The van der Waals surface area contributed by atoms with Crippen LogP contribution in [0.15, 0.2) is 44.5 Å². The van der Waals surface area contributed by atoms with Crippen molar-refractivity contribution < 1.29 is 4.39 Å². The van der Waals surface area contributed by atoms with Crippen molar-refractivity contribution in [2.45, 2.75) is 32.0 Å². The molecule has 0 atom stereocenters. The lowest BCUT2D eigenvalue weighted by Crippen LogP contribution is -2.48. The Morgan fingerprint density at radius 3 is 2.74 bits per heavy atom. The van der Waals surface area contributed by atoms with Crippen molar-refractivity contribution in [3.8, 4) is 0 Å². The van der Waals surface area contributed by atoms with Crippen LogP contribution in [0.25, 0.3) is 0 Å². The Hall–Kier alpha value is -0.710. The number of thiophene rings is 1. The number of likely N-dealkylation sites (tertiary alicyclic amines) is 1. The summed E-state index contributed by atoms with van der Waals surface area (Å²) in [5.41, 5.74) is 2.03. The van der Waals surface area contributed by atoms with Gasteiger partial charge in [-0.3, -0.25) is 9.89 Å². The fourth-order valence-electron chi connectivity index (χ4n) is 3.11. The number of nitrogens with one attached hydrogen (secondary N) is 2. The summed E-state index contributed by atoms with van der Waals surface area (Å²) in [4.78, 5) is 6.77. The summed E-state index contributed by atoms with van der Waals surface area (Å²) in [6, 6.07) is 7.70. The molecule has 27 heavy (non-hydrogen) atoms. The van der Waals surface area contributed by atoms with Crippen LogP contribution in [0, 0.1) is 5.82 Å². The molecule has 2 heterocycles. The van der Waals surface area contributed by atoms with Gasteiger partial charge in [0, 0.05) is 49.3 Å². The van der Waals surface area contributed by atoms with Crippen molar-refractivity contribution in [2.24, 2.45) is 4.99 Å². The summed E-state index contributed by atoms with van der Waals surface area (Å²) in [6.45, 7) is 3.60. The molecule has 4 nitrogen and oxygen atoms in total. The molecule has 2 N–H and O–H groups in total. The summed E-state index contributed by atoms with van der Waals surface area (Å²) in [5, 5.41) is 11.0. The molecule has 1 fully saturated rings. The number of hydrogen-bond acceptors (Lipinski definition) is 3. The maximum atomic E-state index is 13.9. The van der Waals surface area contributed by atoms with E-state index in [2.05, 4.69) is 53.3 Å². The van der Waals surface area contributed by atoms with Crippen molar-refractivity contribution in [3.63, 3.8) is 0 Å². The topological polar surface area (TPSA) is 39.7 Å². The number of guanidine groups is 1. The first-order valence-electron chi connectivity index (χ1n) is 8.78. The zero-order valence-electron chi connectivity index (χ0n) is 15.3. The Bertz CT molecular complexity index is 733. The van der Waals surface area contributed by atoms with Crippen LogP contribution in [-0.2, 0) is 13.1 Å². The molecule has 1 aromatic carbocycles. The second kappa shape index (κ2) is 11.3. The minimum Gasteiger partial charge on any atom is -0.354 e. The second-order valence-electron chi connectivity index (χ2n) is 6.49. The maximum Gasteiger partial charge on any atom is 0.191 e. The summed E-state index contributed by atoms with van der Waals surface area (Å²) < 4.78 is 14.7. The molecule has 1 aliphatic rings. The van der Waals surface area contributed by atoms with E-state index in [0.29, 0.717) is 18.2 Å². The van der Waals surface area contributed by atoms with Crippen LogP contribution < -0.4 is 10.6 Å². The molecule has 0 radical (unpaired) electrons. The van der Waals surface area contributed by atoms with E-state index in [-0.39, 0.29) is 29.8 Å². The van der Waals surface area contributed by atoms with E-state index in [9.17, 15) is 4.39 Å². The molecule has 0 spiro atoms. The molecule has 1 aliphatic heterocycles. The molecule has 3 rings (SSSR count). The van der Waals surface area contributed by atoms with Crippen molar-refractivity contribution in [2.75, 3.05) is 20.1 Å². The predicted octanol–water partition coefficient (Wildman–Crippen LogP) is 4.60. The van der Waals surface area contributed by atoms with E-state index in [0.717, 1.165) is 42.9 Å².